The Morgan fingerprint density at radius 3 is 1.65 bits per heavy atom. The molecule has 0 saturated heterocycles. The van der Waals surface area contributed by atoms with Gasteiger partial charge >= 0.3 is 5.97 Å². The predicted molar refractivity (Wildman–Crippen MR) is 154 cm³/mol. The van der Waals surface area contributed by atoms with Crippen molar-refractivity contribution in [3.8, 4) is 0 Å². The second kappa shape index (κ2) is 13.6. The lowest BCUT2D eigenvalue weighted by atomic mass is 9.84. The highest BCUT2D eigenvalue weighted by Crippen LogP contribution is 2.54. The Labute approximate surface area is 226 Å². The molecule has 1 unspecified atom stereocenters. The van der Waals surface area contributed by atoms with Crippen LogP contribution in [0, 0.1) is 0 Å². The standard InChI is InChI=1S/C32H39NO3S/c1-25(34)30(33-24-16-8-15-23-29(35)36-4)31(2,3)37-32(26-17-9-5-10-18-26,27-19-11-6-12-20-27)28-21-13-7-14-22-28/h5-7,9-14,17-22,30,33H,8,15-16,23-24H2,1-4H3. The molecule has 0 fully saturated rings. The van der Waals surface area contributed by atoms with Crippen LogP contribution in [0.3, 0.4) is 0 Å². The third-order valence-corrected chi connectivity index (χ3v) is 8.47. The average molecular weight is 518 g/mol. The van der Waals surface area contributed by atoms with E-state index in [1.807, 2.05) is 30.0 Å². The van der Waals surface area contributed by atoms with Crippen molar-refractivity contribution in [2.45, 2.75) is 62.0 Å². The van der Waals surface area contributed by atoms with Gasteiger partial charge in [0.2, 0.25) is 0 Å². The van der Waals surface area contributed by atoms with Gasteiger partial charge in [-0.05, 0) is 56.8 Å². The van der Waals surface area contributed by atoms with Gasteiger partial charge in [-0.15, -0.1) is 11.8 Å². The van der Waals surface area contributed by atoms with E-state index >= 15 is 0 Å². The minimum absolute atomic E-state index is 0.121. The Balaban J connectivity index is 1.94. The number of carbonyl (C=O) groups excluding carboxylic acids is 2. The van der Waals surface area contributed by atoms with E-state index in [0.29, 0.717) is 13.0 Å². The van der Waals surface area contributed by atoms with E-state index in [9.17, 15) is 9.59 Å². The number of Topliss-reactive ketones (excluding diaryl/α,β-unsaturated/α-hetero) is 1. The zero-order valence-electron chi connectivity index (χ0n) is 22.4. The maximum absolute atomic E-state index is 13.0. The lowest BCUT2D eigenvalue weighted by Gasteiger charge is -2.44. The Hall–Kier alpha value is -2.89. The lowest BCUT2D eigenvalue weighted by molar-refractivity contribution is -0.140. The van der Waals surface area contributed by atoms with Gasteiger partial charge in [0.15, 0.2) is 0 Å². The van der Waals surface area contributed by atoms with Gasteiger partial charge in [0.1, 0.15) is 5.78 Å². The molecule has 3 aromatic carbocycles. The van der Waals surface area contributed by atoms with Crippen molar-refractivity contribution in [1.82, 2.24) is 5.32 Å². The zero-order valence-corrected chi connectivity index (χ0v) is 23.2. The molecule has 37 heavy (non-hydrogen) atoms. The van der Waals surface area contributed by atoms with Gasteiger partial charge in [0.05, 0.1) is 17.9 Å². The number of nitrogens with one attached hydrogen (secondary N) is 1. The van der Waals surface area contributed by atoms with Crippen LogP contribution in [-0.4, -0.2) is 36.2 Å². The van der Waals surface area contributed by atoms with Gasteiger partial charge in [-0.2, -0.15) is 0 Å². The number of benzene rings is 3. The van der Waals surface area contributed by atoms with Gasteiger partial charge in [0, 0.05) is 11.2 Å². The molecule has 0 aliphatic carbocycles. The summed E-state index contributed by atoms with van der Waals surface area (Å²) in [6.45, 7) is 6.71. The van der Waals surface area contributed by atoms with Crippen LogP contribution in [0.5, 0.6) is 0 Å². The van der Waals surface area contributed by atoms with Crippen LogP contribution in [-0.2, 0) is 19.1 Å². The molecule has 0 aliphatic rings. The third-order valence-electron chi connectivity index (χ3n) is 6.69. The second-order valence-electron chi connectivity index (χ2n) is 9.87. The van der Waals surface area contributed by atoms with Crippen molar-refractivity contribution in [2.24, 2.45) is 0 Å². The van der Waals surface area contributed by atoms with Gasteiger partial charge in [-0.3, -0.25) is 9.59 Å². The van der Waals surface area contributed by atoms with E-state index in [2.05, 4.69) is 92.0 Å². The number of ether oxygens (including phenoxy) is 1. The molecule has 0 aliphatic heterocycles. The molecule has 3 aromatic rings. The highest BCUT2D eigenvalue weighted by atomic mass is 32.2. The summed E-state index contributed by atoms with van der Waals surface area (Å²) < 4.78 is 3.77. The molecular formula is C32H39NO3S. The number of hydrogen-bond acceptors (Lipinski definition) is 5. The fourth-order valence-electron chi connectivity index (χ4n) is 4.95. The van der Waals surface area contributed by atoms with Crippen molar-refractivity contribution in [3.05, 3.63) is 108 Å². The molecule has 3 rings (SSSR count). The van der Waals surface area contributed by atoms with E-state index < -0.39 is 9.49 Å². The van der Waals surface area contributed by atoms with Gasteiger partial charge in [0.25, 0.3) is 0 Å². The summed E-state index contributed by atoms with van der Waals surface area (Å²) in [7, 11) is 1.42. The Bertz CT molecular complexity index is 1020. The fraction of sp³-hybridized carbons (Fsp3) is 0.375. The van der Waals surface area contributed by atoms with Crippen LogP contribution in [0.25, 0.3) is 0 Å². The maximum Gasteiger partial charge on any atom is 0.305 e. The highest BCUT2D eigenvalue weighted by molar-refractivity contribution is 8.02. The quantitative estimate of drug-likeness (QED) is 0.145. The summed E-state index contributed by atoms with van der Waals surface area (Å²) in [6, 6.07) is 31.4. The highest BCUT2D eigenvalue weighted by Gasteiger charge is 2.45. The van der Waals surface area contributed by atoms with Crippen molar-refractivity contribution in [1.29, 1.82) is 0 Å². The van der Waals surface area contributed by atoms with Gasteiger partial charge in [-0.25, -0.2) is 0 Å². The molecule has 1 atom stereocenters. The molecule has 0 heterocycles. The smallest absolute Gasteiger partial charge is 0.305 e. The lowest BCUT2D eigenvalue weighted by Crippen LogP contribution is -2.51. The number of unbranched alkanes of at least 4 members (excludes halogenated alkanes) is 2. The molecule has 0 radical (unpaired) electrons. The molecule has 1 N–H and O–H groups in total. The van der Waals surface area contributed by atoms with Gasteiger partial charge < -0.3 is 10.1 Å². The predicted octanol–water partition coefficient (Wildman–Crippen LogP) is 6.77. The molecule has 0 aromatic heterocycles. The number of rotatable bonds is 14. The summed E-state index contributed by atoms with van der Waals surface area (Å²) in [5.74, 6) is -0.0543. The second-order valence-corrected chi connectivity index (χ2v) is 11.7. The average Bonchev–Trinajstić information content (AvgIpc) is 2.92. The number of esters is 1. The number of methoxy groups -OCH3 is 1. The number of ketones is 1. The monoisotopic (exact) mass is 517 g/mol. The minimum Gasteiger partial charge on any atom is -0.469 e. The molecule has 5 heteroatoms. The molecular weight excluding hydrogens is 478 g/mol. The first-order valence-corrected chi connectivity index (χ1v) is 13.8. The summed E-state index contributed by atoms with van der Waals surface area (Å²) in [4.78, 5) is 24.4. The van der Waals surface area contributed by atoms with E-state index in [1.165, 1.54) is 23.8 Å². The Morgan fingerprint density at radius 1 is 0.784 bits per heavy atom. The largest absolute Gasteiger partial charge is 0.469 e. The number of thioether (sulfide) groups is 1. The molecule has 196 valence electrons. The van der Waals surface area contributed by atoms with E-state index in [1.54, 1.807) is 6.92 Å². The fourth-order valence-corrected chi connectivity index (χ4v) is 6.87. The van der Waals surface area contributed by atoms with Crippen LogP contribution in [0.15, 0.2) is 91.0 Å². The van der Waals surface area contributed by atoms with Crippen molar-refractivity contribution >= 4 is 23.5 Å². The summed E-state index contributed by atoms with van der Waals surface area (Å²) in [5, 5.41) is 3.55. The number of hydrogen-bond donors (Lipinski definition) is 1. The van der Waals surface area contributed by atoms with Crippen LogP contribution in [0.2, 0.25) is 0 Å². The van der Waals surface area contributed by atoms with E-state index in [-0.39, 0.29) is 17.8 Å². The molecule has 4 nitrogen and oxygen atoms in total. The van der Waals surface area contributed by atoms with Crippen LogP contribution >= 0.6 is 11.8 Å². The SMILES string of the molecule is COC(=O)CCCCCNC(C(C)=O)C(C)(C)SC(c1ccccc1)(c1ccccc1)c1ccccc1. The first kappa shape index (κ1) is 28.7. The van der Waals surface area contributed by atoms with E-state index in [4.69, 9.17) is 4.74 Å². The topological polar surface area (TPSA) is 55.4 Å². The molecule has 0 bridgehead atoms. The van der Waals surface area contributed by atoms with Gasteiger partial charge in [-0.1, -0.05) is 97.4 Å². The molecule has 0 saturated carbocycles. The summed E-state index contributed by atoms with van der Waals surface area (Å²) >= 11 is 1.82. The normalized spacial score (nSPS) is 12.6. The minimum atomic E-state index is -0.511. The Kier molecular flexibility index (Phi) is 10.5. The molecule has 0 spiro atoms. The zero-order chi connectivity index (χ0) is 26.7. The summed E-state index contributed by atoms with van der Waals surface area (Å²) in [6.07, 6.45) is 3.02. The Morgan fingerprint density at radius 2 is 1.24 bits per heavy atom. The van der Waals surface area contributed by atoms with Crippen molar-refractivity contribution < 1.29 is 14.3 Å². The van der Waals surface area contributed by atoms with E-state index in [0.717, 1.165) is 19.3 Å². The maximum atomic E-state index is 13.0. The van der Waals surface area contributed by atoms with Crippen LogP contribution in [0.1, 0.15) is 63.1 Å². The van der Waals surface area contributed by atoms with Crippen molar-refractivity contribution in [2.75, 3.05) is 13.7 Å². The first-order valence-electron chi connectivity index (χ1n) is 13.0. The first-order chi connectivity index (χ1) is 17.8. The molecule has 0 amide bonds. The van der Waals surface area contributed by atoms with Crippen LogP contribution in [0.4, 0.5) is 0 Å². The summed E-state index contributed by atoms with van der Waals surface area (Å²) in [5.41, 5.74) is 3.53. The van der Waals surface area contributed by atoms with Crippen molar-refractivity contribution in [3.63, 3.8) is 0 Å². The third kappa shape index (κ3) is 7.33. The van der Waals surface area contributed by atoms with Crippen LogP contribution < -0.4 is 5.32 Å². The number of carbonyl (C=O) groups is 2.